The van der Waals surface area contributed by atoms with Crippen molar-refractivity contribution >= 4 is 29.1 Å². The molecule has 0 aliphatic carbocycles. The molecule has 1 fully saturated rings. The first-order chi connectivity index (χ1) is 15.1. The smallest absolute Gasteiger partial charge is 0.251 e. The number of rotatable bonds is 4. The van der Waals surface area contributed by atoms with Crippen LogP contribution in [0.2, 0.25) is 10.0 Å². The summed E-state index contributed by atoms with van der Waals surface area (Å²) >= 11 is 11.2. The molecule has 0 radical (unpaired) electrons. The Labute approximate surface area is 193 Å². The van der Waals surface area contributed by atoms with E-state index < -0.39 is 0 Å². The number of carbonyl (C=O) groups is 1. The van der Waals surface area contributed by atoms with Crippen molar-refractivity contribution in [2.45, 2.75) is 0 Å². The van der Waals surface area contributed by atoms with Crippen LogP contribution in [0, 0.1) is 5.92 Å². The molecule has 1 aliphatic heterocycles. The fourth-order valence-corrected chi connectivity index (χ4v) is 3.48. The van der Waals surface area contributed by atoms with Crippen molar-refractivity contribution in [1.82, 2.24) is 10.6 Å². The summed E-state index contributed by atoms with van der Waals surface area (Å²) in [4.78, 5) is 12.6. The third-order valence-electron chi connectivity index (χ3n) is 4.84. The van der Waals surface area contributed by atoms with Crippen molar-refractivity contribution in [3.63, 3.8) is 0 Å². The lowest BCUT2D eigenvalue weighted by atomic mass is 9.99. The molecule has 1 saturated heterocycles. The summed E-state index contributed by atoms with van der Waals surface area (Å²) in [6.07, 6.45) is 0. The highest BCUT2D eigenvalue weighted by atomic mass is 35.5. The molecule has 0 spiro atoms. The van der Waals surface area contributed by atoms with E-state index in [2.05, 4.69) is 10.6 Å². The Morgan fingerprint density at radius 3 is 2.29 bits per heavy atom. The molecule has 162 valence electrons. The van der Waals surface area contributed by atoms with Crippen molar-refractivity contribution in [1.29, 1.82) is 0 Å². The van der Waals surface area contributed by atoms with Crippen molar-refractivity contribution in [2.24, 2.45) is 5.92 Å². The molecular formula is C25H26Cl2N2O2. The van der Waals surface area contributed by atoms with Gasteiger partial charge in [0, 0.05) is 31.1 Å². The first kappa shape index (κ1) is 23.3. The fourth-order valence-electron chi connectivity index (χ4n) is 3.21. The number of amides is 1. The lowest BCUT2D eigenvalue weighted by molar-refractivity contribution is 0.0922. The van der Waals surface area contributed by atoms with Crippen molar-refractivity contribution < 1.29 is 9.53 Å². The Morgan fingerprint density at radius 2 is 1.58 bits per heavy atom. The Morgan fingerprint density at radius 1 is 0.935 bits per heavy atom. The van der Waals surface area contributed by atoms with Gasteiger partial charge in [0.25, 0.3) is 5.91 Å². The number of nitrogens with one attached hydrogen (secondary N) is 2. The fraction of sp³-hybridized carbons (Fsp3) is 0.240. The Hall–Kier alpha value is -2.37. The zero-order valence-corrected chi connectivity index (χ0v) is 18.7. The first-order valence-corrected chi connectivity index (χ1v) is 11.0. The highest BCUT2D eigenvalue weighted by Crippen LogP contribution is 2.23. The lowest BCUT2D eigenvalue weighted by Gasteiger charge is -2.16. The maximum absolute atomic E-state index is 12.6. The number of halogens is 2. The molecule has 31 heavy (non-hydrogen) atoms. The van der Waals surface area contributed by atoms with Crippen LogP contribution in [0.5, 0.6) is 0 Å². The highest BCUT2D eigenvalue weighted by Gasteiger charge is 2.16. The number of hydrogen-bond acceptors (Lipinski definition) is 3. The van der Waals surface area contributed by atoms with Crippen LogP contribution in [0.1, 0.15) is 10.4 Å². The third-order valence-corrected chi connectivity index (χ3v) is 5.60. The Bertz CT molecular complexity index is 938. The van der Waals surface area contributed by atoms with Crippen LogP contribution >= 0.6 is 23.2 Å². The van der Waals surface area contributed by atoms with Crippen LogP contribution in [0.4, 0.5) is 0 Å². The van der Waals surface area contributed by atoms with E-state index in [1.54, 1.807) is 12.1 Å². The standard InChI is InChI=1S/C19H22N2O2.C6H4Cl2/c22-19(21-13-15-12-20-10-11-23-14-15)18-9-5-4-8-17(18)16-6-2-1-3-7-16;7-5-3-1-2-4-6(5)8/h1-9,15,20H,10-14H2,(H,21,22);1-4H. The van der Waals surface area contributed by atoms with Crippen LogP contribution in [0.25, 0.3) is 11.1 Å². The van der Waals surface area contributed by atoms with E-state index in [-0.39, 0.29) is 5.91 Å². The van der Waals surface area contributed by atoms with E-state index in [0.717, 1.165) is 30.8 Å². The second-order valence-electron chi connectivity index (χ2n) is 7.18. The number of carbonyl (C=O) groups excluding carboxylic acids is 1. The van der Waals surface area contributed by atoms with E-state index in [0.29, 0.717) is 34.7 Å². The topological polar surface area (TPSA) is 50.4 Å². The molecular weight excluding hydrogens is 431 g/mol. The van der Waals surface area contributed by atoms with Gasteiger partial charge < -0.3 is 15.4 Å². The van der Waals surface area contributed by atoms with Gasteiger partial charge in [0.15, 0.2) is 0 Å². The SMILES string of the molecule is Clc1ccccc1Cl.O=C(NCC1CNCCOC1)c1ccccc1-c1ccccc1. The quantitative estimate of drug-likeness (QED) is 0.558. The molecule has 4 rings (SSSR count). The van der Waals surface area contributed by atoms with Crippen LogP contribution in [0.3, 0.4) is 0 Å². The molecule has 1 aliphatic rings. The minimum atomic E-state index is -0.0336. The van der Waals surface area contributed by atoms with Crippen LogP contribution in [-0.2, 0) is 4.74 Å². The zero-order chi connectivity index (χ0) is 21.9. The first-order valence-electron chi connectivity index (χ1n) is 10.3. The normalized spacial score (nSPS) is 15.9. The van der Waals surface area contributed by atoms with E-state index in [1.807, 2.05) is 66.7 Å². The molecule has 1 heterocycles. The van der Waals surface area contributed by atoms with Crippen molar-refractivity contribution in [2.75, 3.05) is 32.8 Å². The average molecular weight is 457 g/mol. The van der Waals surface area contributed by atoms with E-state index in [1.165, 1.54) is 0 Å². The van der Waals surface area contributed by atoms with E-state index in [9.17, 15) is 4.79 Å². The Kier molecular flexibility index (Phi) is 9.38. The van der Waals surface area contributed by atoms with Gasteiger partial charge in [-0.2, -0.15) is 0 Å². The zero-order valence-electron chi connectivity index (χ0n) is 17.2. The van der Waals surface area contributed by atoms with Gasteiger partial charge in [0.1, 0.15) is 0 Å². The summed E-state index contributed by atoms with van der Waals surface area (Å²) < 4.78 is 5.52. The van der Waals surface area contributed by atoms with Gasteiger partial charge in [-0.05, 0) is 29.3 Å². The summed E-state index contributed by atoms with van der Waals surface area (Å²) in [6, 6.07) is 24.9. The molecule has 4 nitrogen and oxygen atoms in total. The van der Waals surface area contributed by atoms with Gasteiger partial charge in [0.05, 0.1) is 23.3 Å². The van der Waals surface area contributed by atoms with E-state index in [4.69, 9.17) is 27.9 Å². The van der Waals surface area contributed by atoms with Crippen molar-refractivity contribution in [3.05, 3.63) is 94.5 Å². The van der Waals surface area contributed by atoms with Crippen LogP contribution < -0.4 is 10.6 Å². The summed E-state index contributed by atoms with van der Waals surface area (Å²) in [5.74, 6) is 0.277. The number of benzene rings is 3. The van der Waals surface area contributed by atoms with Gasteiger partial charge in [-0.25, -0.2) is 0 Å². The molecule has 3 aromatic carbocycles. The lowest BCUT2D eigenvalue weighted by Crippen LogP contribution is -2.35. The van der Waals surface area contributed by atoms with Crippen molar-refractivity contribution in [3.8, 4) is 11.1 Å². The Balaban J connectivity index is 0.000000287. The summed E-state index contributed by atoms with van der Waals surface area (Å²) in [5, 5.41) is 7.58. The summed E-state index contributed by atoms with van der Waals surface area (Å²) in [7, 11) is 0. The molecule has 1 atom stereocenters. The highest BCUT2D eigenvalue weighted by molar-refractivity contribution is 6.41. The second kappa shape index (κ2) is 12.5. The number of ether oxygens (including phenoxy) is 1. The van der Waals surface area contributed by atoms with Crippen LogP contribution in [0.15, 0.2) is 78.9 Å². The minimum Gasteiger partial charge on any atom is -0.380 e. The monoisotopic (exact) mass is 456 g/mol. The summed E-state index contributed by atoms with van der Waals surface area (Å²) in [5.41, 5.74) is 2.72. The second-order valence-corrected chi connectivity index (χ2v) is 8.00. The van der Waals surface area contributed by atoms with Gasteiger partial charge in [-0.3, -0.25) is 4.79 Å². The molecule has 1 amide bonds. The van der Waals surface area contributed by atoms with Crippen LogP contribution in [-0.4, -0.2) is 38.8 Å². The maximum atomic E-state index is 12.6. The molecule has 0 saturated carbocycles. The average Bonchev–Trinajstić information content (AvgIpc) is 3.09. The third kappa shape index (κ3) is 7.37. The number of hydrogen-bond donors (Lipinski definition) is 2. The maximum Gasteiger partial charge on any atom is 0.251 e. The predicted molar refractivity (Wildman–Crippen MR) is 128 cm³/mol. The molecule has 0 bridgehead atoms. The molecule has 0 aromatic heterocycles. The minimum absolute atomic E-state index is 0.0336. The van der Waals surface area contributed by atoms with Gasteiger partial charge >= 0.3 is 0 Å². The van der Waals surface area contributed by atoms with Gasteiger partial charge in [-0.15, -0.1) is 0 Å². The molecule has 2 N–H and O–H groups in total. The molecule has 1 unspecified atom stereocenters. The van der Waals surface area contributed by atoms with Gasteiger partial charge in [0.2, 0.25) is 0 Å². The summed E-state index contributed by atoms with van der Waals surface area (Å²) in [6.45, 7) is 3.80. The van der Waals surface area contributed by atoms with E-state index >= 15 is 0 Å². The molecule has 6 heteroatoms. The molecule has 3 aromatic rings. The predicted octanol–water partition coefficient (Wildman–Crippen LogP) is 5.31. The van der Waals surface area contributed by atoms with Gasteiger partial charge in [-0.1, -0.05) is 83.9 Å². The largest absolute Gasteiger partial charge is 0.380 e.